The number of nitrogens with one attached hydrogen (secondary N) is 1. The smallest absolute Gasteiger partial charge is 0.180 e. The van der Waals surface area contributed by atoms with Crippen LogP contribution >= 0.6 is 0 Å². The molecule has 3 N–H and O–H groups in total. The molecule has 0 atom stereocenters. The van der Waals surface area contributed by atoms with Gasteiger partial charge < -0.3 is 10.6 Å². The van der Waals surface area contributed by atoms with E-state index in [1.165, 1.54) is 0 Å². The van der Waals surface area contributed by atoms with Gasteiger partial charge in [-0.2, -0.15) is 0 Å². The summed E-state index contributed by atoms with van der Waals surface area (Å²) in [5.74, 6) is 0.797. The van der Waals surface area contributed by atoms with Crippen molar-refractivity contribution in [2.75, 3.05) is 11.9 Å². The van der Waals surface area contributed by atoms with Crippen LogP contribution in [0.5, 0.6) is 0 Å². The van der Waals surface area contributed by atoms with Gasteiger partial charge in [0.1, 0.15) is 17.2 Å². The van der Waals surface area contributed by atoms with Crippen molar-refractivity contribution in [2.24, 2.45) is 5.73 Å². The summed E-state index contributed by atoms with van der Waals surface area (Å²) in [5.41, 5.74) is 8.47. The second-order valence-electron chi connectivity index (χ2n) is 4.59. The molecule has 3 aromatic rings. The van der Waals surface area contributed by atoms with E-state index in [0.29, 0.717) is 11.2 Å². The van der Waals surface area contributed by atoms with Gasteiger partial charge in [-0.15, -0.1) is 0 Å². The molecule has 6 heteroatoms. The zero-order chi connectivity index (χ0) is 14.8. The Hall–Kier alpha value is -3.02. The highest BCUT2D eigenvalue weighted by Gasteiger charge is 2.08. The standard InChI is InChI=1S/C15H14N6/c1-21(11-4-2-3-10(9-11)14(16)17)13-6-5-12-15(20-13)19-8-7-18-12/h2-9H,1H3,(H3,16,17). The normalized spacial score (nSPS) is 10.5. The van der Waals surface area contributed by atoms with Crippen LogP contribution in [0, 0.1) is 5.41 Å². The molecule has 0 saturated carbocycles. The molecule has 0 spiro atoms. The number of anilines is 2. The molecule has 0 fully saturated rings. The number of aromatic nitrogens is 3. The molecular weight excluding hydrogens is 264 g/mol. The molecule has 0 amide bonds. The maximum absolute atomic E-state index is 7.51. The van der Waals surface area contributed by atoms with Crippen LogP contribution in [0.3, 0.4) is 0 Å². The molecule has 21 heavy (non-hydrogen) atoms. The van der Waals surface area contributed by atoms with Crippen LogP contribution in [0.25, 0.3) is 11.2 Å². The van der Waals surface area contributed by atoms with E-state index >= 15 is 0 Å². The molecular formula is C15H14N6. The van der Waals surface area contributed by atoms with Crippen LogP contribution < -0.4 is 10.6 Å². The molecule has 0 unspecified atom stereocenters. The van der Waals surface area contributed by atoms with E-state index in [1.807, 2.05) is 42.3 Å². The molecule has 0 aliphatic carbocycles. The van der Waals surface area contributed by atoms with E-state index in [4.69, 9.17) is 11.1 Å². The van der Waals surface area contributed by atoms with E-state index in [9.17, 15) is 0 Å². The van der Waals surface area contributed by atoms with E-state index < -0.39 is 0 Å². The molecule has 0 aliphatic heterocycles. The summed E-state index contributed by atoms with van der Waals surface area (Å²) in [6.07, 6.45) is 3.26. The first-order chi connectivity index (χ1) is 10.1. The van der Waals surface area contributed by atoms with Crippen molar-refractivity contribution in [3.8, 4) is 0 Å². The third-order valence-electron chi connectivity index (χ3n) is 3.21. The monoisotopic (exact) mass is 278 g/mol. The zero-order valence-electron chi connectivity index (χ0n) is 11.5. The lowest BCUT2D eigenvalue weighted by atomic mass is 10.2. The first-order valence-corrected chi connectivity index (χ1v) is 6.41. The fourth-order valence-electron chi connectivity index (χ4n) is 2.05. The van der Waals surface area contributed by atoms with E-state index in [-0.39, 0.29) is 5.84 Å². The van der Waals surface area contributed by atoms with Gasteiger partial charge in [0.15, 0.2) is 5.65 Å². The number of nitrogen functional groups attached to an aromatic ring is 1. The van der Waals surface area contributed by atoms with Gasteiger partial charge in [0.25, 0.3) is 0 Å². The number of hydrogen-bond donors (Lipinski definition) is 2. The van der Waals surface area contributed by atoms with Gasteiger partial charge in [0.05, 0.1) is 0 Å². The van der Waals surface area contributed by atoms with Gasteiger partial charge in [-0.1, -0.05) is 12.1 Å². The number of nitrogens with two attached hydrogens (primary N) is 1. The molecule has 2 aromatic heterocycles. The van der Waals surface area contributed by atoms with Gasteiger partial charge in [-0.3, -0.25) is 10.4 Å². The Morgan fingerprint density at radius 3 is 2.76 bits per heavy atom. The minimum Gasteiger partial charge on any atom is -0.384 e. The van der Waals surface area contributed by atoms with E-state index in [0.717, 1.165) is 17.0 Å². The third-order valence-corrected chi connectivity index (χ3v) is 3.21. The number of amidine groups is 1. The van der Waals surface area contributed by atoms with Crippen molar-refractivity contribution in [1.82, 2.24) is 15.0 Å². The molecule has 6 nitrogen and oxygen atoms in total. The topological polar surface area (TPSA) is 91.8 Å². The van der Waals surface area contributed by atoms with Crippen molar-refractivity contribution < 1.29 is 0 Å². The fourth-order valence-corrected chi connectivity index (χ4v) is 2.05. The van der Waals surface area contributed by atoms with Crippen molar-refractivity contribution in [2.45, 2.75) is 0 Å². The predicted molar refractivity (Wildman–Crippen MR) is 82.9 cm³/mol. The minimum atomic E-state index is 0.0441. The zero-order valence-corrected chi connectivity index (χ0v) is 11.5. The Morgan fingerprint density at radius 2 is 1.95 bits per heavy atom. The van der Waals surface area contributed by atoms with Gasteiger partial charge >= 0.3 is 0 Å². The molecule has 3 rings (SSSR count). The molecule has 0 saturated heterocycles. The van der Waals surface area contributed by atoms with Crippen molar-refractivity contribution in [1.29, 1.82) is 5.41 Å². The number of pyridine rings is 1. The van der Waals surface area contributed by atoms with Gasteiger partial charge in [0, 0.05) is 30.7 Å². The summed E-state index contributed by atoms with van der Waals surface area (Å²) in [7, 11) is 1.91. The van der Waals surface area contributed by atoms with Gasteiger partial charge in [0.2, 0.25) is 0 Å². The highest BCUT2D eigenvalue weighted by atomic mass is 15.2. The molecule has 104 valence electrons. The average Bonchev–Trinajstić information content (AvgIpc) is 2.53. The number of benzene rings is 1. The molecule has 1 aromatic carbocycles. The largest absolute Gasteiger partial charge is 0.384 e. The molecule has 2 heterocycles. The summed E-state index contributed by atoms with van der Waals surface area (Å²) in [5, 5.41) is 7.51. The van der Waals surface area contributed by atoms with E-state index in [1.54, 1.807) is 18.5 Å². The maximum atomic E-state index is 7.51. The second kappa shape index (κ2) is 5.16. The Morgan fingerprint density at radius 1 is 1.14 bits per heavy atom. The Labute approximate surface area is 121 Å². The van der Waals surface area contributed by atoms with Crippen molar-refractivity contribution >= 4 is 28.5 Å². The maximum Gasteiger partial charge on any atom is 0.180 e. The van der Waals surface area contributed by atoms with Gasteiger partial charge in [-0.05, 0) is 24.3 Å². The van der Waals surface area contributed by atoms with Crippen LogP contribution in [-0.4, -0.2) is 27.8 Å². The molecule has 0 radical (unpaired) electrons. The second-order valence-corrected chi connectivity index (χ2v) is 4.59. The number of fused-ring (bicyclic) bond motifs is 1. The highest BCUT2D eigenvalue weighted by molar-refractivity contribution is 5.96. The van der Waals surface area contributed by atoms with Gasteiger partial charge in [-0.25, -0.2) is 9.97 Å². The SMILES string of the molecule is CN(c1cccc(C(=N)N)c1)c1ccc2nccnc2n1. The third kappa shape index (κ3) is 2.51. The molecule has 0 aliphatic rings. The minimum absolute atomic E-state index is 0.0441. The first-order valence-electron chi connectivity index (χ1n) is 6.41. The summed E-state index contributed by atoms with van der Waals surface area (Å²) >= 11 is 0. The Bertz CT molecular complexity index is 814. The number of rotatable bonds is 3. The summed E-state index contributed by atoms with van der Waals surface area (Å²) in [4.78, 5) is 14.8. The summed E-state index contributed by atoms with van der Waals surface area (Å²) < 4.78 is 0. The van der Waals surface area contributed by atoms with E-state index in [2.05, 4.69) is 15.0 Å². The quantitative estimate of drug-likeness (QED) is 0.565. The predicted octanol–water partition coefficient (Wildman–Crippen LogP) is 2.08. The van der Waals surface area contributed by atoms with Crippen LogP contribution in [0.4, 0.5) is 11.5 Å². The highest BCUT2D eigenvalue weighted by Crippen LogP contribution is 2.23. The summed E-state index contributed by atoms with van der Waals surface area (Å²) in [6.45, 7) is 0. The lowest BCUT2D eigenvalue weighted by Gasteiger charge is -2.19. The fraction of sp³-hybridized carbons (Fsp3) is 0.0667. The van der Waals surface area contributed by atoms with Crippen molar-refractivity contribution in [3.05, 3.63) is 54.4 Å². The van der Waals surface area contributed by atoms with Crippen LogP contribution in [-0.2, 0) is 0 Å². The Kier molecular flexibility index (Phi) is 3.19. The molecule has 0 bridgehead atoms. The average molecular weight is 278 g/mol. The summed E-state index contributed by atoms with van der Waals surface area (Å²) in [6, 6.07) is 11.2. The lowest BCUT2D eigenvalue weighted by Crippen LogP contribution is -2.14. The number of hydrogen-bond acceptors (Lipinski definition) is 5. The first kappa shape index (κ1) is 13.0. The van der Waals surface area contributed by atoms with Crippen LogP contribution in [0.2, 0.25) is 0 Å². The lowest BCUT2D eigenvalue weighted by molar-refractivity contribution is 1.12. The van der Waals surface area contributed by atoms with Crippen molar-refractivity contribution in [3.63, 3.8) is 0 Å². The van der Waals surface area contributed by atoms with Crippen LogP contribution in [0.1, 0.15) is 5.56 Å². The Balaban J connectivity index is 2.01. The van der Waals surface area contributed by atoms with Crippen LogP contribution in [0.15, 0.2) is 48.8 Å². The number of nitrogens with zero attached hydrogens (tertiary/aromatic N) is 4.